The first-order chi connectivity index (χ1) is 31.8. The highest BCUT2D eigenvalue weighted by atomic mass is 16.3. The van der Waals surface area contributed by atoms with Crippen molar-refractivity contribution in [2.24, 2.45) is 11.8 Å². The minimum absolute atomic E-state index is 0.104. The lowest BCUT2D eigenvalue weighted by molar-refractivity contribution is -0.136. The molecule has 16 heteroatoms. The normalized spacial score (nSPS) is 20.4. The highest BCUT2D eigenvalue weighted by molar-refractivity contribution is 5.88. The van der Waals surface area contributed by atoms with Crippen LogP contribution in [0.5, 0.6) is 0 Å². The van der Waals surface area contributed by atoms with Crippen molar-refractivity contribution in [1.82, 2.24) is 50.2 Å². The highest BCUT2D eigenvalue weighted by Gasteiger charge is 2.40. The number of aliphatic hydroxyl groups is 2. The molecule has 0 saturated carbocycles. The van der Waals surface area contributed by atoms with Crippen LogP contribution in [0.25, 0.3) is 22.5 Å². The molecule has 6 amide bonds. The third kappa shape index (κ3) is 10.6. The number of carbonyl (C=O) groups excluding carboxylic acids is 4. The van der Waals surface area contributed by atoms with E-state index >= 15 is 0 Å². The molecule has 4 aromatic rings. The largest absolute Gasteiger partial charge is 0.393 e. The zero-order valence-electron chi connectivity index (χ0n) is 38.5. The van der Waals surface area contributed by atoms with E-state index < -0.39 is 12.1 Å². The molecule has 0 spiro atoms. The molecule has 6 heterocycles. The van der Waals surface area contributed by atoms with Crippen molar-refractivity contribution < 1.29 is 29.4 Å². The second-order valence-corrected chi connectivity index (χ2v) is 18.9. The first-order valence-electron chi connectivity index (χ1n) is 23.7. The Morgan fingerprint density at radius 3 is 1.29 bits per heavy atom. The van der Waals surface area contributed by atoms with Crippen molar-refractivity contribution in [2.45, 2.75) is 115 Å². The van der Waals surface area contributed by atoms with Crippen LogP contribution in [-0.2, 0) is 9.59 Å². The summed E-state index contributed by atoms with van der Waals surface area (Å²) in [4.78, 5) is 77.5. The molecule has 6 N–H and O–H groups in total. The average Bonchev–Trinajstić information content (AvgIpc) is 4.17. The predicted octanol–water partition coefficient (Wildman–Crippen LogP) is 5.58. The molecule has 2 aromatic heterocycles. The Bertz CT molecular complexity index is 2220. The molecular formula is C50H64N10O6. The van der Waals surface area contributed by atoms with Gasteiger partial charge in [0.25, 0.3) is 0 Å². The fourth-order valence-corrected chi connectivity index (χ4v) is 9.52. The number of aromatic amines is 2. The first kappa shape index (κ1) is 46.4. The number of hydrogen-bond donors (Lipinski definition) is 6. The van der Waals surface area contributed by atoms with Gasteiger partial charge in [0.15, 0.2) is 0 Å². The van der Waals surface area contributed by atoms with Gasteiger partial charge in [-0.05, 0) is 98.6 Å². The molecule has 0 unspecified atom stereocenters. The number of H-pyrrole nitrogens is 2. The summed E-state index contributed by atoms with van der Waals surface area (Å²) in [6.07, 6.45) is 8.21. The standard InChI is InChI=1S/C50H64N10O6/c1-31(2)43(55-49(65)57-25-19-37(61)20-26-57)47(63)59-23-5-7-41(59)45-51-29-39(53-45)35-15-11-33(12-16-35)9-10-34-13-17-36(18-14-34)40-30-52-46(54-40)42-8-6-24-60(42)48(64)44(32(3)4)56-50(66)58-27-21-38(62)22-28-58/h11-18,29-32,37-38,41-44,61-62H,5-8,19-28H2,1-4H3,(H,51,53)(H,52,54)(H,55,65)(H,56,66)/t41-,42-,43-,44-/m0/s1. The number of aromatic nitrogens is 4. The molecule has 2 aromatic carbocycles. The number of likely N-dealkylation sites (tertiary alicyclic amines) is 4. The number of urea groups is 2. The summed E-state index contributed by atoms with van der Waals surface area (Å²) in [6, 6.07) is 13.6. The predicted molar refractivity (Wildman–Crippen MR) is 249 cm³/mol. The average molecular weight is 901 g/mol. The van der Waals surface area contributed by atoms with Crippen molar-refractivity contribution in [3.05, 3.63) is 83.7 Å². The zero-order valence-corrected chi connectivity index (χ0v) is 38.5. The number of rotatable bonds is 10. The van der Waals surface area contributed by atoms with E-state index in [4.69, 9.17) is 9.97 Å². The Morgan fingerprint density at radius 2 is 0.939 bits per heavy atom. The summed E-state index contributed by atoms with van der Waals surface area (Å²) < 4.78 is 0. The quantitative estimate of drug-likeness (QED) is 0.111. The van der Waals surface area contributed by atoms with Gasteiger partial charge >= 0.3 is 12.1 Å². The summed E-state index contributed by atoms with van der Waals surface area (Å²) in [6.45, 7) is 10.8. The van der Waals surface area contributed by atoms with Crippen LogP contribution in [0.2, 0.25) is 0 Å². The van der Waals surface area contributed by atoms with E-state index in [9.17, 15) is 29.4 Å². The van der Waals surface area contributed by atoms with Gasteiger partial charge in [0.05, 0.1) is 48.1 Å². The van der Waals surface area contributed by atoms with Crippen molar-refractivity contribution in [2.75, 3.05) is 39.3 Å². The second-order valence-electron chi connectivity index (χ2n) is 18.9. The highest BCUT2D eigenvalue weighted by Crippen LogP contribution is 2.34. The maximum Gasteiger partial charge on any atom is 0.318 e. The minimum Gasteiger partial charge on any atom is -0.393 e. The second kappa shape index (κ2) is 20.6. The van der Waals surface area contributed by atoms with Gasteiger partial charge in [-0.15, -0.1) is 0 Å². The van der Waals surface area contributed by atoms with Crippen molar-refractivity contribution in [1.29, 1.82) is 0 Å². The number of carbonyl (C=O) groups is 4. The SMILES string of the molecule is CC(C)[C@H](NC(=O)N1CCC(O)CC1)C(=O)N1CCC[C@H]1c1ncc(-c2ccc(C#Cc3ccc(-c4cnc([C@@H]5CCCN5C(=O)[C@@H](NC(=O)N5CCC(O)CC5)C(C)C)[nH]4)cc3)cc2)[nH]1. The molecule has 16 nitrogen and oxygen atoms in total. The molecule has 350 valence electrons. The minimum atomic E-state index is -0.667. The van der Waals surface area contributed by atoms with E-state index in [-0.39, 0.29) is 60.0 Å². The van der Waals surface area contributed by atoms with E-state index in [1.54, 1.807) is 22.2 Å². The number of aliphatic hydroxyl groups excluding tert-OH is 2. The van der Waals surface area contributed by atoms with Crippen LogP contribution in [-0.4, -0.2) is 137 Å². The summed E-state index contributed by atoms with van der Waals surface area (Å²) in [5.74, 6) is 7.55. The lowest BCUT2D eigenvalue weighted by Crippen LogP contribution is -2.55. The van der Waals surface area contributed by atoms with Crippen molar-refractivity contribution in [3.63, 3.8) is 0 Å². The monoisotopic (exact) mass is 901 g/mol. The molecule has 0 aliphatic carbocycles. The van der Waals surface area contributed by atoms with E-state index in [1.165, 1.54) is 0 Å². The van der Waals surface area contributed by atoms with Crippen LogP contribution in [0.1, 0.15) is 114 Å². The first-order valence-corrected chi connectivity index (χ1v) is 23.7. The van der Waals surface area contributed by atoms with Gasteiger partial charge in [-0.25, -0.2) is 19.6 Å². The Kier molecular flexibility index (Phi) is 14.4. The van der Waals surface area contributed by atoms with Gasteiger partial charge in [0, 0.05) is 50.4 Å². The van der Waals surface area contributed by atoms with Gasteiger partial charge in [-0.3, -0.25) is 9.59 Å². The van der Waals surface area contributed by atoms with Crippen molar-refractivity contribution in [3.8, 4) is 34.4 Å². The van der Waals surface area contributed by atoms with Crippen LogP contribution in [0, 0.1) is 23.7 Å². The van der Waals surface area contributed by atoms with Gasteiger partial charge in [0.1, 0.15) is 23.7 Å². The zero-order chi connectivity index (χ0) is 46.5. The van der Waals surface area contributed by atoms with Crippen LogP contribution >= 0.6 is 0 Å². The molecule has 4 aliphatic rings. The molecular weight excluding hydrogens is 837 g/mol. The molecule has 4 saturated heterocycles. The van der Waals surface area contributed by atoms with Gasteiger partial charge in [-0.1, -0.05) is 63.8 Å². The number of benzene rings is 2. The smallest absolute Gasteiger partial charge is 0.318 e. The van der Waals surface area contributed by atoms with Crippen molar-refractivity contribution >= 4 is 23.9 Å². The third-order valence-corrected chi connectivity index (χ3v) is 13.6. The van der Waals surface area contributed by atoms with E-state index in [1.807, 2.05) is 86.0 Å². The Labute approximate surface area is 386 Å². The lowest BCUT2D eigenvalue weighted by Gasteiger charge is -2.34. The Hall–Kier alpha value is -6.18. The Balaban J connectivity index is 0.860. The third-order valence-electron chi connectivity index (χ3n) is 13.6. The number of nitrogens with zero attached hydrogens (tertiary/aromatic N) is 6. The molecule has 0 radical (unpaired) electrons. The maximum atomic E-state index is 13.9. The van der Waals surface area contributed by atoms with E-state index in [0.717, 1.165) is 71.0 Å². The van der Waals surface area contributed by atoms with Crippen LogP contribution in [0.15, 0.2) is 60.9 Å². The fourth-order valence-electron chi connectivity index (χ4n) is 9.52. The number of piperidine rings is 2. The van der Waals surface area contributed by atoms with Crippen LogP contribution in [0.4, 0.5) is 9.59 Å². The van der Waals surface area contributed by atoms with Gasteiger partial charge in [-0.2, -0.15) is 0 Å². The topological polar surface area (TPSA) is 203 Å². The Morgan fingerprint density at radius 1 is 0.576 bits per heavy atom. The maximum absolute atomic E-state index is 13.9. The number of amides is 6. The molecule has 0 bridgehead atoms. The fraction of sp³-hybridized carbons (Fsp3) is 0.520. The van der Waals surface area contributed by atoms with E-state index in [2.05, 4.69) is 32.4 Å². The molecule has 8 rings (SSSR count). The summed E-state index contributed by atoms with van der Waals surface area (Å²) in [5.41, 5.74) is 5.30. The lowest BCUT2D eigenvalue weighted by atomic mass is 10.0. The van der Waals surface area contributed by atoms with Crippen LogP contribution < -0.4 is 10.6 Å². The molecule has 66 heavy (non-hydrogen) atoms. The number of nitrogens with one attached hydrogen (secondary N) is 4. The molecule has 4 atom stereocenters. The molecule has 4 aliphatic heterocycles. The van der Waals surface area contributed by atoms with Gasteiger partial charge in [0.2, 0.25) is 11.8 Å². The molecule has 4 fully saturated rings. The number of hydrogen-bond acceptors (Lipinski definition) is 8. The number of imidazole rings is 2. The summed E-state index contributed by atoms with van der Waals surface area (Å²) >= 11 is 0. The summed E-state index contributed by atoms with van der Waals surface area (Å²) in [7, 11) is 0. The summed E-state index contributed by atoms with van der Waals surface area (Å²) in [5, 5.41) is 25.7. The van der Waals surface area contributed by atoms with Crippen LogP contribution in [0.3, 0.4) is 0 Å². The van der Waals surface area contributed by atoms with E-state index in [0.29, 0.717) is 65.0 Å². The van der Waals surface area contributed by atoms with Gasteiger partial charge < -0.3 is 50.4 Å².